The fourth-order valence-electron chi connectivity index (χ4n) is 2.68. The average molecular weight is 428 g/mol. The number of halogens is 4. The number of nitrogens with one attached hydrogen (secondary N) is 2. The second kappa shape index (κ2) is 9.76. The Morgan fingerprint density at radius 3 is 2.31 bits per heavy atom. The molecule has 0 fully saturated rings. The summed E-state index contributed by atoms with van der Waals surface area (Å²) in [5.74, 6) is -0.825. The van der Waals surface area contributed by atoms with Gasteiger partial charge in [-0.05, 0) is 37.7 Å². The van der Waals surface area contributed by atoms with Gasteiger partial charge < -0.3 is 10.6 Å². The number of hydrogen-bond acceptors (Lipinski definition) is 3. The highest BCUT2D eigenvalue weighted by Crippen LogP contribution is 2.36. The number of benzene rings is 2. The van der Waals surface area contributed by atoms with Crippen LogP contribution in [0.15, 0.2) is 48.5 Å². The van der Waals surface area contributed by atoms with Crippen molar-refractivity contribution < 1.29 is 22.8 Å². The van der Waals surface area contributed by atoms with Gasteiger partial charge in [0.15, 0.2) is 0 Å². The van der Waals surface area contributed by atoms with Crippen molar-refractivity contribution in [3.8, 4) is 0 Å². The second-order valence-corrected chi connectivity index (χ2v) is 7.02. The van der Waals surface area contributed by atoms with Gasteiger partial charge >= 0.3 is 6.18 Å². The molecule has 0 aromatic heterocycles. The minimum absolute atomic E-state index is 0.0257. The first kappa shape index (κ1) is 22.7. The Hall–Kier alpha value is -2.58. The SMILES string of the molecule is C[C@H](NC(=O)CN(C)CC(=O)Nc1ccc(Cl)c(C(F)(F)F)c1)c1ccccc1. The van der Waals surface area contributed by atoms with Gasteiger partial charge in [0.05, 0.1) is 29.7 Å². The molecule has 2 rings (SSSR count). The lowest BCUT2D eigenvalue weighted by Crippen LogP contribution is -2.39. The number of hydrogen-bond donors (Lipinski definition) is 2. The van der Waals surface area contributed by atoms with E-state index < -0.39 is 22.7 Å². The van der Waals surface area contributed by atoms with Crippen LogP contribution >= 0.6 is 11.6 Å². The third-order valence-corrected chi connectivity index (χ3v) is 4.39. The van der Waals surface area contributed by atoms with Gasteiger partial charge in [0.1, 0.15) is 0 Å². The summed E-state index contributed by atoms with van der Waals surface area (Å²) in [6, 6.07) is 12.3. The third-order valence-electron chi connectivity index (χ3n) is 4.06. The minimum Gasteiger partial charge on any atom is -0.348 e. The predicted molar refractivity (Wildman–Crippen MR) is 106 cm³/mol. The summed E-state index contributed by atoms with van der Waals surface area (Å²) in [7, 11) is 1.56. The Bertz CT molecular complexity index is 860. The van der Waals surface area contributed by atoms with E-state index in [9.17, 15) is 22.8 Å². The molecule has 0 saturated carbocycles. The minimum atomic E-state index is -4.62. The van der Waals surface area contributed by atoms with E-state index in [0.717, 1.165) is 17.7 Å². The van der Waals surface area contributed by atoms with Crippen molar-refractivity contribution in [1.82, 2.24) is 10.2 Å². The molecule has 2 aromatic carbocycles. The maximum atomic E-state index is 12.9. The van der Waals surface area contributed by atoms with Gasteiger partial charge in [-0.15, -0.1) is 0 Å². The molecular weight excluding hydrogens is 407 g/mol. The molecule has 156 valence electrons. The summed E-state index contributed by atoms with van der Waals surface area (Å²) in [6.45, 7) is 1.63. The fourth-order valence-corrected chi connectivity index (χ4v) is 2.90. The largest absolute Gasteiger partial charge is 0.417 e. The van der Waals surface area contributed by atoms with Crippen molar-refractivity contribution in [2.45, 2.75) is 19.1 Å². The number of alkyl halides is 3. The van der Waals surface area contributed by atoms with Crippen molar-refractivity contribution in [1.29, 1.82) is 0 Å². The van der Waals surface area contributed by atoms with Crippen LogP contribution in [0.1, 0.15) is 24.1 Å². The maximum Gasteiger partial charge on any atom is 0.417 e. The van der Waals surface area contributed by atoms with Crippen LogP contribution in [0, 0.1) is 0 Å². The molecule has 0 aliphatic rings. The Balaban J connectivity index is 1.87. The lowest BCUT2D eigenvalue weighted by atomic mass is 10.1. The molecule has 2 N–H and O–H groups in total. The summed E-state index contributed by atoms with van der Waals surface area (Å²) in [5, 5.41) is 4.76. The van der Waals surface area contributed by atoms with Gasteiger partial charge in [0.25, 0.3) is 0 Å². The predicted octanol–water partition coefficient (Wildman–Crippen LogP) is 4.11. The van der Waals surface area contributed by atoms with E-state index in [1.54, 1.807) is 7.05 Å². The number of rotatable bonds is 7. The maximum absolute atomic E-state index is 12.9. The lowest BCUT2D eigenvalue weighted by Gasteiger charge is -2.19. The monoisotopic (exact) mass is 427 g/mol. The lowest BCUT2D eigenvalue weighted by molar-refractivity contribution is -0.137. The zero-order valence-corrected chi connectivity index (χ0v) is 16.6. The van der Waals surface area contributed by atoms with Crippen molar-refractivity contribution >= 4 is 29.1 Å². The van der Waals surface area contributed by atoms with Crippen LogP contribution in [0.4, 0.5) is 18.9 Å². The molecule has 9 heteroatoms. The molecule has 0 spiro atoms. The number of carbonyl (C=O) groups is 2. The van der Waals surface area contributed by atoms with E-state index >= 15 is 0 Å². The van der Waals surface area contributed by atoms with E-state index in [2.05, 4.69) is 10.6 Å². The van der Waals surface area contributed by atoms with Crippen LogP contribution in [0.5, 0.6) is 0 Å². The first-order valence-electron chi connectivity index (χ1n) is 8.75. The molecule has 0 heterocycles. The summed E-state index contributed by atoms with van der Waals surface area (Å²) < 4.78 is 38.7. The van der Waals surface area contributed by atoms with Gasteiger partial charge in [-0.1, -0.05) is 41.9 Å². The highest BCUT2D eigenvalue weighted by Gasteiger charge is 2.33. The molecule has 0 unspecified atom stereocenters. The smallest absolute Gasteiger partial charge is 0.348 e. The van der Waals surface area contributed by atoms with Crippen molar-refractivity contribution in [3.63, 3.8) is 0 Å². The number of nitrogens with zero attached hydrogens (tertiary/aromatic N) is 1. The van der Waals surface area contributed by atoms with E-state index in [1.807, 2.05) is 37.3 Å². The Kier molecular flexibility index (Phi) is 7.64. The Morgan fingerprint density at radius 1 is 1.07 bits per heavy atom. The molecule has 2 aromatic rings. The molecule has 0 saturated heterocycles. The molecule has 29 heavy (non-hydrogen) atoms. The van der Waals surface area contributed by atoms with E-state index in [1.165, 1.54) is 11.0 Å². The molecule has 2 amide bonds. The number of amides is 2. The van der Waals surface area contributed by atoms with E-state index in [-0.39, 0.29) is 30.7 Å². The van der Waals surface area contributed by atoms with Crippen LogP contribution in [0.3, 0.4) is 0 Å². The van der Waals surface area contributed by atoms with Gasteiger partial charge in [-0.25, -0.2) is 0 Å². The van der Waals surface area contributed by atoms with E-state index in [0.29, 0.717) is 0 Å². The summed E-state index contributed by atoms with van der Waals surface area (Å²) in [6.07, 6.45) is -4.62. The third kappa shape index (κ3) is 7.07. The normalized spacial score (nSPS) is 12.5. The van der Waals surface area contributed by atoms with Crippen molar-refractivity contribution in [2.24, 2.45) is 0 Å². The summed E-state index contributed by atoms with van der Waals surface area (Å²) in [5.41, 5.74) is -0.105. The number of anilines is 1. The molecule has 1 atom stereocenters. The van der Waals surface area contributed by atoms with Crippen molar-refractivity contribution in [2.75, 3.05) is 25.5 Å². The van der Waals surface area contributed by atoms with Crippen molar-refractivity contribution in [3.05, 3.63) is 64.7 Å². The average Bonchev–Trinajstić information content (AvgIpc) is 2.62. The van der Waals surface area contributed by atoms with Gasteiger partial charge in [-0.2, -0.15) is 13.2 Å². The first-order valence-corrected chi connectivity index (χ1v) is 9.13. The topological polar surface area (TPSA) is 61.4 Å². The van der Waals surface area contributed by atoms with E-state index in [4.69, 9.17) is 11.6 Å². The van der Waals surface area contributed by atoms with Crippen LogP contribution < -0.4 is 10.6 Å². The molecule has 0 aliphatic heterocycles. The number of likely N-dealkylation sites (N-methyl/N-ethyl adjacent to an activating group) is 1. The molecule has 5 nitrogen and oxygen atoms in total. The molecule has 0 bridgehead atoms. The molecule has 0 radical (unpaired) electrons. The second-order valence-electron chi connectivity index (χ2n) is 6.61. The zero-order valence-electron chi connectivity index (χ0n) is 15.9. The summed E-state index contributed by atoms with van der Waals surface area (Å²) in [4.78, 5) is 25.7. The van der Waals surface area contributed by atoms with Crippen LogP contribution in [0.2, 0.25) is 5.02 Å². The van der Waals surface area contributed by atoms with Crippen LogP contribution in [0.25, 0.3) is 0 Å². The van der Waals surface area contributed by atoms with Gasteiger partial charge in [0, 0.05) is 5.69 Å². The highest BCUT2D eigenvalue weighted by molar-refractivity contribution is 6.31. The Labute approximate surface area is 171 Å². The zero-order chi connectivity index (χ0) is 21.6. The first-order chi connectivity index (χ1) is 13.6. The quantitative estimate of drug-likeness (QED) is 0.699. The standard InChI is InChI=1S/C20H21ClF3N3O2/c1-13(14-6-4-3-5-7-14)25-18(28)11-27(2)12-19(29)26-15-8-9-17(21)16(10-15)20(22,23)24/h3-10,13H,11-12H2,1-2H3,(H,25,28)(H,26,29)/t13-/m0/s1. The van der Waals surface area contributed by atoms with Crippen LogP contribution in [-0.4, -0.2) is 36.9 Å². The molecule has 0 aliphatic carbocycles. The Morgan fingerprint density at radius 2 is 1.69 bits per heavy atom. The van der Waals surface area contributed by atoms with Crippen LogP contribution in [-0.2, 0) is 15.8 Å². The molecular formula is C20H21ClF3N3O2. The number of carbonyl (C=O) groups excluding carboxylic acids is 2. The van der Waals surface area contributed by atoms with Gasteiger partial charge in [-0.3, -0.25) is 14.5 Å². The summed E-state index contributed by atoms with van der Waals surface area (Å²) >= 11 is 5.56. The fraction of sp³-hybridized carbons (Fsp3) is 0.300. The van der Waals surface area contributed by atoms with Gasteiger partial charge in [0.2, 0.25) is 11.8 Å². The highest BCUT2D eigenvalue weighted by atomic mass is 35.5.